The van der Waals surface area contributed by atoms with E-state index >= 15 is 0 Å². The van der Waals surface area contributed by atoms with Gasteiger partial charge >= 0.3 is 0 Å². The van der Waals surface area contributed by atoms with Gasteiger partial charge in [0.25, 0.3) is 0 Å². The van der Waals surface area contributed by atoms with Gasteiger partial charge in [0.15, 0.2) is 0 Å². The molecule has 0 aliphatic heterocycles. The fourth-order valence-corrected chi connectivity index (χ4v) is 1.88. The van der Waals surface area contributed by atoms with Crippen molar-refractivity contribution >= 4 is 11.7 Å². The first kappa shape index (κ1) is 12.5. The Bertz CT molecular complexity index is 396. The lowest BCUT2D eigenvalue weighted by molar-refractivity contribution is 0.201. The van der Waals surface area contributed by atoms with Crippen LogP contribution < -0.4 is 10.6 Å². The van der Waals surface area contributed by atoms with Gasteiger partial charge in [0.1, 0.15) is 11.7 Å². The van der Waals surface area contributed by atoms with Crippen LogP contribution in [0, 0.1) is 12.3 Å². The number of nitrogens with one attached hydrogen (secondary N) is 1. The van der Waals surface area contributed by atoms with E-state index in [4.69, 9.17) is 11.1 Å². The van der Waals surface area contributed by atoms with Gasteiger partial charge in [-0.1, -0.05) is 0 Å². The number of aryl methyl sites for hydroxylation is 2. The molecule has 1 aromatic rings. The van der Waals surface area contributed by atoms with Crippen molar-refractivity contribution in [3.05, 3.63) is 11.3 Å². The van der Waals surface area contributed by atoms with Crippen LogP contribution >= 0.6 is 0 Å². The third-order valence-electron chi connectivity index (χ3n) is 2.36. The Morgan fingerprint density at radius 1 is 1.69 bits per heavy atom. The smallest absolute Gasteiger partial charge is 0.137 e. The van der Waals surface area contributed by atoms with Crippen molar-refractivity contribution < 1.29 is 5.11 Å². The first-order valence-electron chi connectivity index (χ1n) is 5.11. The predicted molar refractivity (Wildman–Crippen MR) is 63.9 cm³/mol. The number of aliphatic hydroxyl groups is 1. The molecule has 1 aromatic heterocycles. The summed E-state index contributed by atoms with van der Waals surface area (Å²) in [6, 6.07) is 0. The van der Waals surface area contributed by atoms with Crippen LogP contribution in [0.3, 0.4) is 0 Å². The molecular formula is C10H19N5O. The van der Waals surface area contributed by atoms with Gasteiger partial charge in [-0.3, -0.25) is 10.1 Å². The van der Waals surface area contributed by atoms with Crippen molar-refractivity contribution in [3.8, 4) is 0 Å². The summed E-state index contributed by atoms with van der Waals surface area (Å²) < 4.78 is 1.68. The molecule has 0 spiro atoms. The summed E-state index contributed by atoms with van der Waals surface area (Å²) in [6.45, 7) is 4.00. The van der Waals surface area contributed by atoms with Crippen molar-refractivity contribution in [2.24, 2.45) is 12.8 Å². The van der Waals surface area contributed by atoms with Crippen LogP contribution in [0.2, 0.25) is 0 Å². The molecule has 0 aromatic carbocycles. The maximum absolute atomic E-state index is 9.36. The lowest BCUT2D eigenvalue weighted by atomic mass is 10.2. The van der Waals surface area contributed by atoms with Crippen LogP contribution in [-0.2, 0) is 7.05 Å². The molecule has 0 amide bonds. The molecule has 1 heterocycles. The van der Waals surface area contributed by atoms with Crippen LogP contribution in [-0.4, -0.2) is 40.4 Å². The second-order valence-corrected chi connectivity index (χ2v) is 4.05. The van der Waals surface area contributed by atoms with Crippen LogP contribution in [0.4, 0.5) is 5.82 Å². The van der Waals surface area contributed by atoms with E-state index < -0.39 is 6.10 Å². The number of hydrogen-bond donors (Lipinski definition) is 3. The van der Waals surface area contributed by atoms with Gasteiger partial charge < -0.3 is 15.7 Å². The summed E-state index contributed by atoms with van der Waals surface area (Å²) in [5, 5.41) is 21.1. The van der Waals surface area contributed by atoms with Gasteiger partial charge in [-0.25, -0.2) is 0 Å². The first-order chi connectivity index (χ1) is 7.34. The zero-order valence-electron chi connectivity index (χ0n) is 10.2. The van der Waals surface area contributed by atoms with E-state index in [0.717, 1.165) is 11.5 Å². The molecule has 16 heavy (non-hydrogen) atoms. The molecule has 1 unspecified atom stereocenters. The summed E-state index contributed by atoms with van der Waals surface area (Å²) in [5.41, 5.74) is 6.89. The van der Waals surface area contributed by atoms with E-state index in [-0.39, 0.29) is 5.84 Å². The van der Waals surface area contributed by atoms with Crippen molar-refractivity contribution in [2.45, 2.75) is 20.0 Å². The van der Waals surface area contributed by atoms with Crippen molar-refractivity contribution in [3.63, 3.8) is 0 Å². The highest BCUT2D eigenvalue weighted by Crippen LogP contribution is 2.21. The number of nitrogens with two attached hydrogens (primary N) is 1. The third kappa shape index (κ3) is 2.33. The van der Waals surface area contributed by atoms with E-state index in [1.807, 2.05) is 18.9 Å². The number of aromatic nitrogens is 2. The number of rotatable bonds is 4. The summed E-state index contributed by atoms with van der Waals surface area (Å²) >= 11 is 0. The SMILES string of the molecule is Cc1nn(C)c(N(C)CC(C)O)c1C(=N)N. The van der Waals surface area contributed by atoms with Gasteiger partial charge in [-0.05, 0) is 13.8 Å². The van der Waals surface area contributed by atoms with Gasteiger partial charge in [0, 0.05) is 20.6 Å². The molecule has 1 atom stereocenters. The normalized spacial score (nSPS) is 12.6. The highest BCUT2D eigenvalue weighted by molar-refractivity contribution is 6.00. The van der Waals surface area contributed by atoms with Crippen molar-refractivity contribution in [2.75, 3.05) is 18.5 Å². The molecule has 90 valence electrons. The van der Waals surface area contributed by atoms with E-state index in [1.165, 1.54) is 0 Å². The molecule has 0 bridgehead atoms. The molecule has 0 saturated carbocycles. The van der Waals surface area contributed by atoms with Crippen molar-refractivity contribution in [1.82, 2.24) is 9.78 Å². The van der Waals surface area contributed by atoms with Crippen LogP contribution in [0.15, 0.2) is 0 Å². The molecule has 0 aliphatic rings. The van der Waals surface area contributed by atoms with Gasteiger partial charge in [0.2, 0.25) is 0 Å². The lowest BCUT2D eigenvalue weighted by Crippen LogP contribution is -2.30. The van der Waals surface area contributed by atoms with Gasteiger partial charge in [0.05, 0.1) is 17.4 Å². The third-order valence-corrected chi connectivity index (χ3v) is 2.36. The monoisotopic (exact) mass is 225 g/mol. The average Bonchev–Trinajstić information content (AvgIpc) is 2.39. The second kappa shape index (κ2) is 4.52. The molecule has 0 radical (unpaired) electrons. The standard InChI is InChI=1S/C10H19N5O/c1-6(16)5-14(3)10-8(9(11)12)7(2)13-15(10)4/h6,16H,5H2,1-4H3,(H3,11,12). The van der Waals surface area contributed by atoms with E-state index in [0.29, 0.717) is 12.1 Å². The Kier molecular flexibility index (Phi) is 3.54. The van der Waals surface area contributed by atoms with Crippen LogP contribution in [0.5, 0.6) is 0 Å². The number of aliphatic hydroxyl groups excluding tert-OH is 1. The van der Waals surface area contributed by atoms with Gasteiger partial charge in [-0.15, -0.1) is 0 Å². The molecule has 6 heteroatoms. The highest BCUT2D eigenvalue weighted by Gasteiger charge is 2.19. The summed E-state index contributed by atoms with van der Waals surface area (Å²) in [6.07, 6.45) is -0.444. The number of hydrogen-bond acceptors (Lipinski definition) is 4. The Hall–Kier alpha value is -1.56. The number of amidine groups is 1. The minimum atomic E-state index is -0.444. The van der Waals surface area contributed by atoms with Gasteiger partial charge in [-0.2, -0.15) is 5.10 Å². The molecule has 4 N–H and O–H groups in total. The van der Waals surface area contributed by atoms with Crippen LogP contribution in [0.1, 0.15) is 18.2 Å². The Morgan fingerprint density at radius 3 is 2.69 bits per heavy atom. The Balaban J connectivity index is 3.16. The number of nitrogen functional groups attached to an aromatic ring is 1. The second-order valence-electron chi connectivity index (χ2n) is 4.05. The van der Waals surface area contributed by atoms with E-state index in [9.17, 15) is 5.11 Å². The zero-order chi connectivity index (χ0) is 12.5. The molecule has 1 rings (SSSR count). The first-order valence-corrected chi connectivity index (χ1v) is 5.11. The van der Waals surface area contributed by atoms with Crippen molar-refractivity contribution in [1.29, 1.82) is 5.41 Å². The topological polar surface area (TPSA) is 91.2 Å². The predicted octanol–water partition coefficient (Wildman–Crippen LogP) is -0.170. The fraction of sp³-hybridized carbons (Fsp3) is 0.600. The minimum Gasteiger partial charge on any atom is -0.392 e. The maximum atomic E-state index is 9.36. The molecular weight excluding hydrogens is 206 g/mol. The van der Waals surface area contributed by atoms with E-state index in [1.54, 1.807) is 18.7 Å². The minimum absolute atomic E-state index is 0.00181. The number of likely N-dealkylation sites (N-methyl/N-ethyl adjacent to an activating group) is 1. The number of anilines is 1. The summed E-state index contributed by atoms with van der Waals surface area (Å²) in [5.74, 6) is 0.754. The fourth-order valence-electron chi connectivity index (χ4n) is 1.88. The summed E-state index contributed by atoms with van der Waals surface area (Å²) in [7, 11) is 3.64. The molecule has 0 fully saturated rings. The highest BCUT2D eigenvalue weighted by atomic mass is 16.3. The molecule has 0 aliphatic carbocycles. The zero-order valence-corrected chi connectivity index (χ0v) is 10.2. The van der Waals surface area contributed by atoms with E-state index in [2.05, 4.69) is 5.10 Å². The average molecular weight is 225 g/mol. The Labute approximate surface area is 95.2 Å². The maximum Gasteiger partial charge on any atom is 0.137 e. The molecule has 0 saturated heterocycles. The quantitative estimate of drug-likeness (QED) is 0.490. The largest absolute Gasteiger partial charge is 0.392 e. The summed E-state index contributed by atoms with van der Waals surface area (Å²) in [4.78, 5) is 1.85. The molecule has 6 nitrogen and oxygen atoms in total. The van der Waals surface area contributed by atoms with Crippen LogP contribution in [0.25, 0.3) is 0 Å². The Morgan fingerprint density at radius 2 is 2.25 bits per heavy atom. The lowest BCUT2D eigenvalue weighted by Gasteiger charge is -2.22. The number of nitrogens with zero attached hydrogens (tertiary/aromatic N) is 3.